The van der Waals surface area contributed by atoms with Crippen LogP contribution in [-0.4, -0.2) is 34.6 Å². The Hall–Kier alpha value is -1.05. The molecule has 0 saturated carbocycles. The lowest BCUT2D eigenvalue weighted by Gasteiger charge is -2.41. The maximum Gasteiger partial charge on any atom is 0.241 e. The number of likely N-dealkylation sites (tertiary alicyclic amines) is 1. The van der Waals surface area contributed by atoms with Crippen LogP contribution in [0.25, 0.3) is 0 Å². The van der Waals surface area contributed by atoms with Crippen LogP contribution >= 0.6 is 0 Å². The average Bonchev–Trinajstić information content (AvgIpc) is 2.82. The molecular weight excluding hydrogens is 330 g/mol. The van der Waals surface area contributed by atoms with Gasteiger partial charge in [0.2, 0.25) is 16.6 Å². The highest BCUT2D eigenvalue weighted by atomic mass is 28.4. The quantitative estimate of drug-likeness (QED) is 0.688. The minimum Gasteiger partial charge on any atom is -0.545 e. The summed E-state index contributed by atoms with van der Waals surface area (Å²) in [6, 6.07) is 10.8. The van der Waals surface area contributed by atoms with Crippen LogP contribution in [-0.2, 0) is 15.4 Å². The maximum absolute atomic E-state index is 6.43. The number of hydrogen-bond donors (Lipinski definition) is 0. The molecule has 5 heteroatoms. The molecule has 1 aliphatic heterocycles. The highest BCUT2D eigenvalue weighted by molar-refractivity contribution is 6.70. The van der Waals surface area contributed by atoms with E-state index in [0.717, 1.165) is 19.6 Å². The summed E-state index contributed by atoms with van der Waals surface area (Å²) in [5.41, 5.74) is 1.39. The lowest BCUT2D eigenvalue weighted by atomic mass is 9.81. The highest BCUT2D eigenvalue weighted by Gasteiger charge is 2.51. The van der Waals surface area contributed by atoms with Crippen molar-refractivity contribution in [1.29, 1.82) is 0 Å². The van der Waals surface area contributed by atoms with Gasteiger partial charge in [0.25, 0.3) is 0 Å². The second-order valence-corrected chi connectivity index (χ2v) is 17.9. The SMILES string of the molecule is C[Si](C)(C)OC1=C(O[Si](C)(C)C)C2CN(Cc3ccccc3)CC12. The summed E-state index contributed by atoms with van der Waals surface area (Å²) < 4.78 is 12.9. The second-order valence-electron chi connectivity index (χ2n) is 9.05. The first-order chi connectivity index (χ1) is 11.1. The molecule has 3 rings (SSSR count). The first-order valence-electron chi connectivity index (χ1n) is 9.01. The van der Waals surface area contributed by atoms with E-state index in [-0.39, 0.29) is 0 Å². The summed E-state index contributed by atoms with van der Waals surface area (Å²) in [6.45, 7) is 16.8. The Labute approximate surface area is 148 Å². The van der Waals surface area contributed by atoms with Crippen molar-refractivity contribution in [2.75, 3.05) is 13.1 Å². The van der Waals surface area contributed by atoms with Crippen molar-refractivity contribution in [2.45, 2.75) is 45.8 Å². The molecule has 1 aliphatic carbocycles. The summed E-state index contributed by atoms with van der Waals surface area (Å²) in [5.74, 6) is 3.42. The molecule has 0 amide bonds. The maximum atomic E-state index is 6.43. The Morgan fingerprint density at radius 2 is 1.29 bits per heavy atom. The number of nitrogens with zero attached hydrogens (tertiary/aromatic N) is 1. The summed E-state index contributed by atoms with van der Waals surface area (Å²) in [7, 11) is -3.21. The Balaban J connectivity index is 1.72. The molecule has 132 valence electrons. The summed E-state index contributed by atoms with van der Waals surface area (Å²) >= 11 is 0. The van der Waals surface area contributed by atoms with E-state index >= 15 is 0 Å². The fourth-order valence-electron chi connectivity index (χ4n) is 3.57. The van der Waals surface area contributed by atoms with Crippen LogP contribution in [0.1, 0.15) is 5.56 Å². The zero-order chi connectivity index (χ0) is 17.5. The van der Waals surface area contributed by atoms with Crippen molar-refractivity contribution in [3.8, 4) is 0 Å². The highest BCUT2D eigenvalue weighted by Crippen LogP contribution is 2.49. The van der Waals surface area contributed by atoms with Crippen molar-refractivity contribution in [3.05, 3.63) is 47.4 Å². The topological polar surface area (TPSA) is 21.7 Å². The van der Waals surface area contributed by atoms with Gasteiger partial charge in [0.1, 0.15) is 11.5 Å². The summed E-state index contributed by atoms with van der Waals surface area (Å²) in [6.07, 6.45) is 0. The van der Waals surface area contributed by atoms with Gasteiger partial charge in [0.15, 0.2) is 0 Å². The van der Waals surface area contributed by atoms with E-state index in [2.05, 4.69) is 74.5 Å². The average molecular weight is 362 g/mol. The molecule has 1 saturated heterocycles. The predicted molar refractivity (Wildman–Crippen MR) is 105 cm³/mol. The Morgan fingerprint density at radius 3 is 1.71 bits per heavy atom. The van der Waals surface area contributed by atoms with E-state index in [1.54, 1.807) is 0 Å². The van der Waals surface area contributed by atoms with Gasteiger partial charge in [-0.1, -0.05) is 30.3 Å². The molecule has 1 aromatic carbocycles. The van der Waals surface area contributed by atoms with Gasteiger partial charge in [-0.05, 0) is 44.8 Å². The van der Waals surface area contributed by atoms with E-state index in [1.165, 1.54) is 17.1 Å². The van der Waals surface area contributed by atoms with Crippen LogP contribution < -0.4 is 0 Å². The van der Waals surface area contributed by atoms with E-state index in [0.29, 0.717) is 11.8 Å². The third kappa shape index (κ3) is 4.13. The van der Waals surface area contributed by atoms with Gasteiger partial charge in [0, 0.05) is 31.5 Å². The minimum absolute atomic E-state index is 0.534. The fraction of sp³-hybridized carbons (Fsp3) is 0.579. The lowest BCUT2D eigenvalue weighted by molar-refractivity contribution is 0.179. The van der Waals surface area contributed by atoms with E-state index in [9.17, 15) is 0 Å². The molecule has 2 unspecified atom stereocenters. The number of fused-ring (bicyclic) bond motifs is 1. The van der Waals surface area contributed by atoms with Crippen LogP contribution in [0.3, 0.4) is 0 Å². The van der Waals surface area contributed by atoms with Crippen LogP contribution in [0.2, 0.25) is 39.3 Å². The van der Waals surface area contributed by atoms with Crippen molar-refractivity contribution >= 4 is 16.6 Å². The predicted octanol–water partition coefficient (Wildman–Crippen LogP) is 4.66. The second kappa shape index (κ2) is 6.35. The van der Waals surface area contributed by atoms with Gasteiger partial charge < -0.3 is 8.85 Å². The third-order valence-corrected chi connectivity index (χ3v) is 6.06. The Morgan fingerprint density at radius 1 is 0.833 bits per heavy atom. The monoisotopic (exact) mass is 361 g/mol. The normalized spacial score (nSPS) is 24.6. The first kappa shape index (κ1) is 17.8. The standard InChI is InChI=1S/C19H31NO2Si2/c1-23(2,3)21-18-16-13-20(12-15-10-8-7-9-11-15)14-17(16)19(18)22-24(4,5)6/h7-11,16-17H,12-14H2,1-6H3. The van der Waals surface area contributed by atoms with Crippen molar-refractivity contribution in [1.82, 2.24) is 4.90 Å². The molecular formula is C19H31NO2Si2. The largest absolute Gasteiger partial charge is 0.545 e. The van der Waals surface area contributed by atoms with Gasteiger partial charge in [-0.3, -0.25) is 4.90 Å². The van der Waals surface area contributed by atoms with Crippen LogP contribution in [0.15, 0.2) is 41.9 Å². The zero-order valence-electron chi connectivity index (χ0n) is 15.9. The minimum atomic E-state index is -1.60. The Bertz CT molecular complexity index is 582. The van der Waals surface area contributed by atoms with Gasteiger partial charge in [0.05, 0.1) is 0 Å². The van der Waals surface area contributed by atoms with Crippen LogP contribution in [0, 0.1) is 11.8 Å². The molecule has 3 nitrogen and oxygen atoms in total. The molecule has 1 aromatic rings. The molecule has 0 spiro atoms. The number of benzene rings is 1. The Kier molecular flexibility index (Phi) is 4.70. The van der Waals surface area contributed by atoms with Crippen LogP contribution in [0.4, 0.5) is 0 Å². The first-order valence-corrected chi connectivity index (χ1v) is 15.8. The molecule has 0 N–H and O–H groups in total. The van der Waals surface area contributed by atoms with Crippen LogP contribution in [0.5, 0.6) is 0 Å². The molecule has 1 fully saturated rings. The lowest BCUT2D eigenvalue weighted by Crippen LogP contribution is -2.41. The molecule has 0 bridgehead atoms. The summed E-state index contributed by atoms with van der Waals surface area (Å²) in [4.78, 5) is 2.55. The third-order valence-electron chi connectivity index (χ3n) is 4.39. The van der Waals surface area contributed by atoms with E-state index in [4.69, 9.17) is 8.85 Å². The number of rotatable bonds is 6. The molecule has 24 heavy (non-hydrogen) atoms. The van der Waals surface area contributed by atoms with E-state index < -0.39 is 16.6 Å². The molecule has 0 aromatic heterocycles. The van der Waals surface area contributed by atoms with Gasteiger partial charge in [-0.15, -0.1) is 0 Å². The van der Waals surface area contributed by atoms with Crippen molar-refractivity contribution < 1.29 is 8.85 Å². The smallest absolute Gasteiger partial charge is 0.241 e. The van der Waals surface area contributed by atoms with Gasteiger partial charge >= 0.3 is 0 Å². The van der Waals surface area contributed by atoms with Gasteiger partial charge in [-0.2, -0.15) is 0 Å². The summed E-state index contributed by atoms with van der Waals surface area (Å²) in [5, 5.41) is 0. The van der Waals surface area contributed by atoms with Crippen molar-refractivity contribution in [3.63, 3.8) is 0 Å². The molecule has 0 radical (unpaired) electrons. The van der Waals surface area contributed by atoms with E-state index in [1.807, 2.05) is 0 Å². The van der Waals surface area contributed by atoms with Crippen molar-refractivity contribution in [2.24, 2.45) is 11.8 Å². The molecule has 2 atom stereocenters. The zero-order valence-corrected chi connectivity index (χ0v) is 17.9. The molecule has 2 aliphatic rings. The fourth-order valence-corrected chi connectivity index (χ4v) is 5.39. The number of hydrogen-bond acceptors (Lipinski definition) is 3. The molecule has 1 heterocycles. The van der Waals surface area contributed by atoms with Gasteiger partial charge in [-0.25, -0.2) is 0 Å².